The summed E-state index contributed by atoms with van der Waals surface area (Å²) in [6.07, 6.45) is 5.09. The maximum atomic E-state index is 5.62. The molecule has 0 saturated heterocycles. The predicted octanol–water partition coefficient (Wildman–Crippen LogP) is 4.82. The highest BCUT2D eigenvalue weighted by molar-refractivity contribution is 14.1. The van der Waals surface area contributed by atoms with E-state index in [0.717, 1.165) is 23.2 Å². The van der Waals surface area contributed by atoms with Crippen molar-refractivity contribution in [2.24, 2.45) is 0 Å². The predicted molar refractivity (Wildman–Crippen MR) is 77.0 cm³/mol. The van der Waals surface area contributed by atoms with Gasteiger partial charge in [-0.3, -0.25) is 0 Å². The summed E-state index contributed by atoms with van der Waals surface area (Å²) in [5.41, 5.74) is 0. The Morgan fingerprint density at radius 3 is 2.33 bits per heavy atom. The van der Waals surface area contributed by atoms with E-state index in [1.165, 1.54) is 23.7 Å². The average molecular weight is 383 g/mol. The van der Waals surface area contributed by atoms with Gasteiger partial charge in [-0.2, -0.15) is 0 Å². The molecule has 0 radical (unpaired) electrons. The lowest BCUT2D eigenvalue weighted by molar-refractivity contribution is 0.305. The molecule has 1 rings (SSSR count). The fourth-order valence-electron chi connectivity index (χ4n) is 1.27. The number of halogens is 2. The molecule has 0 aliphatic carbocycles. The molecule has 0 aromatic heterocycles. The molecule has 1 aromatic carbocycles. The van der Waals surface area contributed by atoms with Crippen LogP contribution >= 0.6 is 38.5 Å². The topological polar surface area (TPSA) is 9.23 Å². The molecule has 0 bridgehead atoms. The van der Waals surface area contributed by atoms with Crippen LogP contribution in [0.15, 0.2) is 28.7 Å². The number of rotatable bonds is 7. The van der Waals surface area contributed by atoms with Crippen molar-refractivity contribution in [3.63, 3.8) is 0 Å². The smallest absolute Gasteiger partial charge is 0.119 e. The van der Waals surface area contributed by atoms with Crippen LogP contribution in [0.25, 0.3) is 0 Å². The summed E-state index contributed by atoms with van der Waals surface area (Å²) < 4.78 is 7.98. The molecule has 0 fully saturated rings. The molecule has 0 amide bonds. The van der Waals surface area contributed by atoms with Crippen LogP contribution < -0.4 is 4.74 Å². The summed E-state index contributed by atoms with van der Waals surface area (Å²) in [6, 6.07) is 8.00. The van der Waals surface area contributed by atoms with Crippen molar-refractivity contribution < 1.29 is 4.74 Å². The van der Waals surface area contributed by atoms with E-state index in [-0.39, 0.29) is 0 Å². The first-order valence-electron chi connectivity index (χ1n) is 5.27. The molecule has 1 nitrogen and oxygen atoms in total. The van der Waals surface area contributed by atoms with Gasteiger partial charge in [-0.1, -0.05) is 51.4 Å². The zero-order chi connectivity index (χ0) is 10.9. The third-order valence-electron chi connectivity index (χ3n) is 2.11. The SMILES string of the molecule is Brc1ccc(OCCCCCCI)cc1. The summed E-state index contributed by atoms with van der Waals surface area (Å²) in [4.78, 5) is 0. The van der Waals surface area contributed by atoms with Gasteiger partial charge < -0.3 is 4.74 Å². The summed E-state index contributed by atoms with van der Waals surface area (Å²) in [7, 11) is 0. The lowest BCUT2D eigenvalue weighted by atomic mass is 10.2. The van der Waals surface area contributed by atoms with Crippen LogP contribution in [-0.2, 0) is 0 Å². The highest BCUT2D eigenvalue weighted by Gasteiger charge is 1.93. The molecule has 0 saturated carbocycles. The molecule has 15 heavy (non-hydrogen) atoms. The number of unbranched alkanes of at least 4 members (excludes halogenated alkanes) is 3. The molecule has 3 heteroatoms. The van der Waals surface area contributed by atoms with Crippen LogP contribution in [-0.4, -0.2) is 11.0 Å². The third-order valence-corrected chi connectivity index (χ3v) is 3.40. The molecule has 0 unspecified atom stereocenters. The van der Waals surface area contributed by atoms with Gasteiger partial charge in [0.05, 0.1) is 6.61 Å². The van der Waals surface area contributed by atoms with Crippen molar-refractivity contribution in [3.05, 3.63) is 28.7 Å². The fourth-order valence-corrected chi connectivity index (χ4v) is 2.07. The van der Waals surface area contributed by atoms with Crippen LogP contribution in [0.3, 0.4) is 0 Å². The second-order valence-corrected chi connectivity index (χ2v) is 5.40. The lowest BCUT2D eigenvalue weighted by Gasteiger charge is -2.05. The van der Waals surface area contributed by atoms with E-state index in [0.29, 0.717) is 0 Å². The Hall–Kier alpha value is 0.230. The van der Waals surface area contributed by atoms with E-state index in [1.54, 1.807) is 0 Å². The molecule has 0 aliphatic heterocycles. The Kier molecular flexibility index (Phi) is 7.44. The fraction of sp³-hybridized carbons (Fsp3) is 0.500. The Labute approximate surface area is 114 Å². The van der Waals surface area contributed by atoms with E-state index in [1.807, 2.05) is 24.3 Å². The van der Waals surface area contributed by atoms with Gasteiger partial charge in [0.15, 0.2) is 0 Å². The second-order valence-electron chi connectivity index (χ2n) is 3.41. The Morgan fingerprint density at radius 2 is 1.67 bits per heavy atom. The molecule has 0 spiro atoms. The molecule has 0 heterocycles. The highest BCUT2D eigenvalue weighted by Crippen LogP contribution is 2.16. The first kappa shape index (κ1) is 13.3. The van der Waals surface area contributed by atoms with Crippen molar-refractivity contribution in [1.29, 1.82) is 0 Å². The van der Waals surface area contributed by atoms with E-state index in [4.69, 9.17) is 4.74 Å². The minimum Gasteiger partial charge on any atom is -0.494 e. The van der Waals surface area contributed by atoms with Crippen molar-refractivity contribution in [3.8, 4) is 5.75 Å². The Bertz CT molecular complexity index is 261. The van der Waals surface area contributed by atoms with Gasteiger partial charge in [0.1, 0.15) is 5.75 Å². The van der Waals surface area contributed by atoms with Gasteiger partial charge in [0.2, 0.25) is 0 Å². The van der Waals surface area contributed by atoms with Crippen molar-refractivity contribution >= 4 is 38.5 Å². The average Bonchev–Trinajstić information content (AvgIpc) is 2.26. The van der Waals surface area contributed by atoms with Gasteiger partial charge in [-0.05, 0) is 41.5 Å². The standard InChI is InChI=1S/C12H16BrIO/c13-11-5-7-12(8-6-11)15-10-4-2-1-3-9-14/h5-8H,1-4,9-10H2. The molecule has 1 aromatic rings. The molecule has 0 aliphatic rings. The third kappa shape index (κ3) is 6.40. The number of ether oxygens (including phenoxy) is 1. The quantitative estimate of drug-likeness (QED) is 0.373. The minimum absolute atomic E-state index is 0.836. The molecular formula is C12H16BrIO. The van der Waals surface area contributed by atoms with E-state index >= 15 is 0 Å². The summed E-state index contributed by atoms with van der Waals surface area (Å²) in [5.74, 6) is 0.965. The maximum absolute atomic E-state index is 5.62. The van der Waals surface area contributed by atoms with Gasteiger partial charge in [0, 0.05) is 4.47 Å². The van der Waals surface area contributed by atoms with Crippen molar-refractivity contribution in [2.45, 2.75) is 25.7 Å². The summed E-state index contributed by atoms with van der Waals surface area (Å²) in [6.45, 7) is 0.836. The first-order valence-corrected chi connectivity index (χ1v) is 7.59. The zero-order valence-electron chi connectivity index (χ0n) is 8.72. The Balaban J connectivity index is 2.07. The van der Waals surface area contributed by atoms with Crippen LogP contribution in [0.5, 0.6) is 5.75 Å². The van der Waals surface area contributed by atoms with Crippen molar-refractivity contribution in [2.75, 3.05) is 11.0 Å². The van der Waals surface area contributed by atoms with Gasteiger partial charge in [-0.15, -0.1) is 0 Å². The lowest BCUT2D eigenvalue weighted by Crippen LogP contribution is -1.96. The van der Waals surface area contributed by atoms with Gasteiger partial charge in [0.25, 0.3) is 0 Å². The molecular weight excluding hydrogens is 367 g/mol. The first-order chi connectivity index (χ1) is 7.33. The second kappa shape index (κ2) is 8.39. The van der Waals surface area contributed by atoms with Crippen LogP contribution in [0.4, 0.5) is 0 Å². The van der Waals surface area contributed by atoms with Gasteiger partial charge in [-0.25, -0.2) is 0 Å². The zero-order valence-corrected chi connectivity index (χ0v) is 12.5. The maximum Gasteiger partial charge on any atom is 0.119 e. The van der Waals surface area contributed by atoms with Crippen LogP contribution in [0.2, 0.25) is 0 Å². The Morgan fingerprint density at radius 1 is 1.00 bits per heavy atom. The van der Waals surface area contributed by atoms with E-state index in [9.17, 15) is 0 Å². The highest BCUT2D eigenvalue weighted by atomic mass is 127. The monoisotopic (exact) mass is 382 g/mol. The van der Waals surface area contributed by atoms with Crippen LogP contribution in [0, 0.1) is 0 Å². The molecule has 0 atom stereocenters. The molecule has 84 valence electrons. The minimum atomic E-state index is 0.836. The summed E-state index contributed by atoms with van der Waals surface area (Å²) in [5, 5.41) is 0. The largest absolute Gasteiger partial charge is 0.494 e. The van der Waals surface area contributed by atoms with Crippen molar-refractivity contribution in [1.82, 2.24) is 0 Å². The number of hydrogen-bond acceptors (Lipinski definition) is 1. The summed E-state index contributed by atoms with van der Waals surface area (Å²) >= 11 is 5.82. The number of benzene rings is 1. The van der Waals surface area contributed by atoms with Gasteiger partial charge >= 0.3 is 0 Å². The van der Waals surface area contributed by atoms with Crippen LogP contribution in [0.1, 0.15) is 25.7 Å². The van der Waals surface area contributed by atoms with E-state index in [2.05, 4.69) is 38.5 Å². The number of alkyl halides is 1. The molecule has 0 N–H and O–H groups in total. The normalized spacial score (nSPS) is 10.3. The van der Waals surface area contributed by atoms with E-state index < -0.39 is 0 Å². The number of hydrogen-bond donors (Lipinski definition) is 0.